The number of carbonyl (C=O) groups excluding carboxylic acids is 6. The van der Waals surface area contributed by atoms with E-state index in [4.69, 9.17) is 19.7 Å². The predicted molar refractivity (Wildman–Crippen MR) is 171 cm³/mol. The van der Waals surface area contributed by atoms with Gasteiger partial charge in [0, 0.05) is 20.2 Å². The summed E-state index contributed by atoms with van der Waals surface area (Å²) < 4.78 is 16.0. The van der Waals surface area contributed by atoms with Crippen LogP contribution in [0.25, 0.3) is 0 Å². The zero-order valence-corrected chi connectivity index (χ0v) is 27.7. The number of primary amides is 1. The standard InChI is InChI=1S/C32H45N7O9/c1-18(2)26-32(45)36-22(11-7-8-13-35-31(44)27-21(17-46-4)19(3)48-39-27)29(42)34-14-9-15-47-24-12-6-5-10-20(24)28(41)37-23(16-25(33)40)30(43)38-26/h5-6,10,12,18,22-23,26H,7-9,11,13-17H2,1-4H3,(H2,33,40)(H,34,42)(H,35,44)(H,36,45)(H,37,41)(H,38,43)/t22-,23-,26+/m0/s1. The molecule has 262 valence electrons. The van der Waals surface area contributed by atoms with E-state index in [0.717, 1.165) is 0 Å². The van der Waals surface area contributed by atoms with Gasteiger partial charge in [0.2, 0.25) is 23.6 Å². The van der Waals surface area contributed by atoms with E-state index < -0.39 is 65.9 Å². The minimum atomic E-state index is -1.38. The molecular weight excluding hydrogens is 626 g/mol. The zero-order chi connectivity index (χ0) is 35.2. The average Bonchev–Trinajstić information content (AvgIpc) is 3.41. The largest absolute Gasteiger partial charge is 0.493 e. The maximum atomic E-state index is 13.5. The third-order valence-electron chi connectivity index (χ3n) is 7.61. The molecule has 0 radical (unpaired) electrons. The lowest BCUT2D eigenvalue weighted by Gasteiger charge is -2.27. The fraction of sp³-hybridized carbons (Fsp3) is 0.531. The Labute approximate surface area is 278 Å². The summed E-state index contributed by atoms with van der Waals surface area (Å²) in [5.74, 6) is -3.48. The number of unbranched alkanes of at least 4 members (excludes halogenated alkanes) is 1. The second-order valence-corrected chi connectivity index (χ2v) is 11.7. The second-order valence-electron chi connectivity index (χ2n) is 11.7. The molecule has 3 rings (SSSR count). The number of amides is 6. The number of hydrogen-bond acceptors (Lipinski definition) is 10. The summed E-state index contributed by atoms with van der Waals surface area (Å²) in [5, 5.41) is 17.3. The van der Waals surface area contributed by atoms with E-state index in [1.54, 1.807) is 39.0 Å². The number of nitrogens with zero attached hydrogens (tertiary/aromatic N) is 1. The Morgan fingerprint density at radius 3 is 2.50 bits per heavy atom. The number of nitrogens with two attached hydrogens (primary N) is 1. The molecule has 6 amide bonds. The van der Waals surface area contributed by atoms with Gasteiger partial charge in [0.05, 0.1) is 30.8 Å². The molecule has 1 aromatic heterocycles. The second kappa shape index (κ2) is 18.4. The first-order valence-corrected chi connectivity index (χ1v) is 15.8. The zero-order valence-electron chi connectivity index (χ0n) is 27.7. The van der Waals surface area contributed by atoms with Crippen LogP contribution in [0.5, 0.6) is 5.75 Å². The highest BCUT2D eigenvalue weighted by Crippen LogP contribution is 2.19. The van der Waals surface area contributed by atoms with Gasteiger partial charge in [0.1, 0.15) is 29.6 Å². The van der Waals surface area contributed by atoms with Gasteiger partial charge < -0.3 is 46.3 Å². The van der Waals surface area contributed by atoms with Gasteiger partial charge in [0.15, 0.2) is 5.69 Å². The van der Waals surface area contributed by atoms with Gasteiger partial charge in [-0.15, -0.1) is 0 Å². The number of ether oxygens (including phenoxy) is 2. The molecule has 0 unspecified atom stereocenters. The lowest BCUT2D eigenvalue weighted by atomic mass is 10.0. The van der Waals surface area contributed by atoms with E-state index in [1.807, 2.05) is 0 Å². The topological polar surface area (TPSA) is 233 Å². The smallest absolute Gasteiger partial charge is 0.273 e. The van der Waals surface area contributed by atoms with E-state index in [2.05, 4.69) is 31.7 Å². The minimum Gasteiger partial charge on any atom is -0.493 e. The fourth-order valence-electron chi connectivity index (χ4n) is 4.98. The highest BCUT2D eigenvalue weighted by atomic mass is 16.5. The Balaban J connectivity index is 1.73. The van der Waals surface area contributed by atoms with Crippen molar-refractivity contribution in [2.45, 2.75) is 77.6 Å². The molecular formula is C32H45N7O9. The van der Waals surface area contributed by atoms with E-state index in [9.17, 15) is 28.8 Å². The monoisotopic (exact) mass is 671 g/mol. The molecule has 1 aliphatic rings. The van der Waals surface area contributed by atoms with Crippen molar-refractivity contribution < 1.29 is 42.8 Å². The van der Waals surface area contributed by atoms with Crippen molar-refractivity contribution in [3.63, 3.8) is 0 Å². The molecule has 1 aliphatic heterocycles. The quantitative estimate of drug-likeness (QED) is 0.178. The number of aryl methyl sites for hydroxylation is 1. The fourth-order valence-corrected chi connectivity index (χ4v) is 4.98. The van der Waals surface area contributed by atoms with Gasteiger partial charge in [-0.25, -0.2) is 0 Å². The number of rotatable bonds is 11. The van der Waals surface area contributed by atoms with E-state index >= 15 is 0 Å². The highest BCUT2D eigenvalue weighted by Gasteiger charge is 2.32. The van der Waals surface area contributed by atoms with Crippen molar-refractivity contribution >= 4 is 35.4 Å². The van der Waals surface area contributed by atoms with Crippen LogP contribution in [0, 0.1) is 12.8 Å². The Hall–Kier alpha value is -4.99. The maximum absolute atomic E-state index is 13.5. The van der Waals surface area contributed by atoms with Crippen molar-refractivity contribution in [3.05, 3.63) is 46.8 Å². The number of fused-ring (bicyclic) bond motifs is 1. The Morgan fingerprint density at radius 1 is 1.04 bits per heavy atom. The van der Waals surface area contributed by atoms with Crippen LogP contribution in [0.15, 0.2) is 28.8 Å². The molecule has 0 spiro atoms. The van der Waals surface area contributed by atoms with Crippen molar-refractivity contribution in [2.24, 2.45) is 11.7 Å². The molecule has 0 saturated heterocycles. The first kappa shape index (κ1) is 37.5. The van der Waals surface area contributed by atoms with Crippen LogP contribution in [-0.4, -0.2) is 85.5 Å². The van der Waals surface area contributed by atoms with Gasteiger partial charge in [0.25, 0.3) is 11.8 Å². The molecule has 16 heteroatoms. The van der Waals surface area contributed by atoms with Gasteiger partial charge in [-0.05, 0) is 50.7 Å². The van der Waals surface area contributed by atoms with Gasteiger partial charge in [-0.3, -0.25) is 28.8 Å². The first-order chi connectivity index (χ1) is 22.9. The van der Waals surface area contributed by atoms with Gasteiger partial charge in [-0.2, -0.15) is 0 Å². The number of nitrogens with one attached hydrogen (secondary N) is 5. The Morgan fingerprint density at radius 2 is 1.79 bits per heavy atom. The molecule has 0 aliphatic carbocycles. The Kier molecular flexibility index (Phi) is 14.3. The highest BCUT2D eigenvalue weighted by molar-refractivity contribution is 6.01. The Bertz CT molecular complexity index is 1460. The maximum Gasteiger partial charge on any atom is 0.273 e. The number of para-hydroxylation sites is 1. The van der Waals surface area contributed by atoms with Crippen molar-refractivity contribution in [2.75, 3.05) is 26.8 Å². The number of methoxy groups -OCH3 is 1. The van der Waals surface area contributed by atoms with Crippen LogP contribution < -0.4 is 37.1 Å². The average molecular weight is 672 g/mol. The van der Waals surface area contributed by atoms with Crippen LogP contribution in [-0.2, 0) is 30.5 Å². The molecule has 2 aromatic rings. The number of hydrogen-bond donors (Lipinski definition) is 6. The summed E-state index contributed by atoms with van der Waals surface area (Å²) in [6.07, 6.45) is 1.04. The SMILES string of the molecule is COCc1c(C(=O)NCCCC[C@@H]2NC(=O)[C@@H](C(C)C)NC(=O)[C@H](CC(N)=O)NC(=O)c3ccccc3OCCCNC2=O)noc1C. The molecule has 48 heavy (non-hydrogen) atoms. The predicted octanol–water partition coefficient (Wildman–Crippen LogP) is 0.228. The number of aromatic nitrogens is 1. The van der Waals surface area contributed by atoms with Crippen LogP contribution in [0.1, 0.15) is 78.1 Å². The third-order valence-corrected chi connectivity index (χ3v) is 7.61. The summed E-state index contributed by atoms with van der Waals surface area (Å²) in [4.78, 5) is 77.7. The van der Waals surface area contributed by atoms with Crippen molar-refractivity contribution in [1.82, 2.24) is 31.7 Å². The third kappa shape index (κ3) is 10.8. The van der Waals surface area contributed by atoms with E-state index in [-0.39, 0.29) is 49.7 Å². The normalized spacial score (nSPS) is 19.6. The van der Waals surface area contributed by atoms with E-state index in [1.165, 1.54) is 13.2 Å². The van der Waals surface area contributed by atoms with Crippen molar-refractivity contribution in [1.29, 1.82) is 0 Å². The molecule has 7 N–H and O–H groups in total. The van der Waals surface area contributed by atoms with Crippen LogP contribution in [0.4, 0.5) is 0 Å². The molecule has 2 heterocycles. The molecule has 0 bridgehead atoms. The van der Waals surface area contributed by atoms with Crippen LogP contribution >= 0.6 is 0 Å². The number of benzene rings is 1. The van der Waals surface area contributed by atoms with Crippen LogP contribution in [0.2, 0.25) is 0 Å². The molecule has 1 aromatic carbocycles. The first-order valence-electron chi connectivity index (χ1n) is 15.8. The van der Waals surface area contributed by atoms with Gasteiger partial charge in [-0.1, -0.05) is 31.1 Å². The lowest BCUT2D eigenvalue weighted by Crippen LogP contribution is -2.58. The summed E-state index contributed by atoms with van der Waals surface area (Å²) in [7, 11) is 1.50. The number of carbonyl (C=O) groups is 6. The summed E-state index contributed by atoms with van der Waals surface area (Å²) >= 11 is 0. The van der Waals surface area contributed by atoms with Crippen molar-refractivity contribution in [3.8, 4) is 5.75 Å². The minimum absolute atomic E-state index is 0.133. The molecule has 0 fully saturated rings. The van der Waals surface area contributed by atoms with Gasteiger partial charge >= 0.3 is 0 Å². The summed E-state index contributed by atoms with van der Waals surface area (Å²) in [6, 6.07) is 2.94. The van der Waals surface area contributed by atoms with Crippen LogP contribution in [0.3, 0.4) is 0 Å². The lowest BCUT2D eigenvalue weighted by molar-refractivity contribution is -0.134. The molecule has 16 nitrogen and oxygen atoms in total. The summed E-state index contributed by atoms with van der Waals surface area (Å²) in [6.45, 7) is 5.91. The molecule has 0 saturated carbocycles. The summed E-state index contributed by atoms with van der Waals surface area (Å²) in [5.41, 5.74) is 6.21. The van der Waals surface area contributed by atoms with E-state index in [0.29, 0.717) is 30.6 Å². The molecule has 3 atom stereocenters.